The van der Waals surface area contributed by atoms with Crippen LogP contribution >= 0.6 is 23.1 Å². The van der Waals surface area contributed by atoms with E-state index in [-0.39, 0.29) is 18.5 Å². The minimum atomic E-state index is -0.126. The van der Waals surface area contributed by atoms with Gasteiger partial charge < -0.3 is 14.8 Å². The summed E-state index contributed by atoms with van der Waals surface area (Å²) in [5.74, 6) is 2.96. The first kappa shape index (κ1) is 19.8. The van der Waals surface area contributed by atoms with E-state index in [9.17, 15) is 4.79 Å². The predicted molar refractivity (Wildman–Crippen MR) is 124 cm³/mol. The largest absolute Gasteiger partial charge is 0.454 e. The molecule has 1 atom stereocenters. The highest BCUT2D eigenvalue weighted by atomic mass is 32.2. The number of aromatic nitrogens is 4. The standard InChI is InChI=1S/C22H21N5O3S2/c1-11-3-5-14-17(7-11)32-21-19(14)20-25-26-22(27(20)12(2)23-21)31-9-18(28)24-13-4-6-15-16(8-13)30-10-29-15/h4,6,8,11H,3,5,7,9-10H2,1-2H3,(H,24,28). The Morgan fingerprint density at radius 3 is 3.09 bits per heavy atom. The van der Waals surface area contributed by atoms with Crippen LogP contribution in [0.4, 0.5) is 5.69 Å². The normalized spacial score (nSPS) is 17.1. The molecule has 1 amide bonds. The first-order chi connectivity index (χ1) is 15.6. The molecule has 1 aliphatic heterocycles. The molecule has 1 N–H and O–H groups in total. The maximum Gasteiger partial charge on any atom is 0.234 e. The van der Waals surface area contributed by atoms with Gasteiger partial charge in [-0.1, -0.05) is 18.7 Å². The molecular formula is C22H21N5O3S2. The third kappa shape index (κ3) is 3.29. The van der Waals surface area contributed by atoms with Crippen molar-refractivity contribution in [2.75, 3.05) is 17.9 Å². The van der Waals surface area contributed by atoms with E-state index in [1.54, 1.807) is 29.5 Å². The number of thioether (sulfide) groups is 1. The van der Waals surface area contributed by atoms with Crippen molar-refractivity contribution in [3.63, 3.8) is 0 Å². The Bertz CT molecular complexity index is 1380. The summed E-state index contributed by atoms with van der Waals surface area (Å²) in [6, 6.07) is 5.36. The third-order valence-corrected chi connectivity index (χ3v) is 8.00. The van der Waals surface area contributed by atoms with Gasteiger partial charge in [0.1, 0.15) is 10.7 Å². The number of aryl methyl sites for hydroxylation is 2. The van der Waals surface area contributed by atoms with E-state index in [1.807, 2.05) is 11.3 Å². The lowest BCUT2D eigenvalue weighted by atomic mass is 9.89. The van der Waals surface area contributed by atoms with Crippen molar-refractivity contribution in [2.45, 2.75) is 38.3 Å². The summed E-state index contributed by atoms with van der Waals surface area (Å²) in [6.45, 7) is 4.48. The van der Waals surface area contributed by atoms with E-state index in [0.29, 0.717) is 28.3 Å². The van der Waals surface area contributed by atoms with Crippen LogP contribution in [0.5, 0.6) is 11.5 Å². The van der Waals surface area contributed by atoms with Crippen LogP contribution in [0.3, 0.4) is 0 Å². The van der Waals surface area contributed by atoms with E-state index in [4.69, 9.17) is 14.5 Å². The number of carbonyl (C=O) groups is 1. The monoisotopic (exact) mass is 467 g/mol. The number of ether oxygens (including phenoxy) is 2. The Kier molecular flexibility index (Phi) is 4.72. The molecule has 1 aliphatic carbocycles. The van der Waals surface area contributed by atoms with E-state index in [0.717, 1.165) is 34.5 Å². The topological polar surface area (TPSA) is 90.6 Å². The Morgan fingerprint density at radius 2 is 2.19 bits per heavy atom. The molecule has 0 saturated carbocycles. The predicted octanol–water partition coefficient (Wildman–Crippen LogP) is 4.23. The molecular weight excluding hydrogens is 446 g/mol. The number of hydrogen-bond donors (Lipinski definition) is 1. The maximum absolute atomic E-state index is 12.5. The highest BCUT2D eigenvalue weighted by Crippen LogP contribution is 2.39. The summed E-state index contributed by atoms with van der Waals surface area (Å²) in [5, 5.41) is 13.6. The molecule has 4 aromatic rings. The summed E-state index contributed by atoms with van der Waals surface area (Å²) in [5.41, 5.74) is 2.90. The Balaban J connectivity index is 1.25. The second-order valence-electron chi connectivity index (χ2n) is 8.24. The van der Waals surface area contributed by atoms with Crippen molar-refractivity contribution < 1.29 is 14.3 Å². The number of rotatable bonds is 4. The second-order valence-corrected chi connectivity index (χ2v) is 10.3. The summed E-state index contributed by atoms with van der Waals surface area (Å²) in [7, 11) is 0. The van der Waals surface area contributed by atoms with Crippen LogP contribution in [0, 0.1) is 12.8 Å². The molecule has 8 nitrogen and oxygen atoms in total. The van der Waals surface area contributed by atoms with Gasteiger partial charge in [-0.25, -0.2) is 4.98 Å². The molecule has 164 valence electrons. The number of fused-ring (bicyclic) bond motifs is 6. The quantitative estimate of drug-likeness (QED) is 0.449. The lowest BCUT2D eigenvalue weighted by molar-refractivity contribution is -0.113. The molecule has 0 saturated heterocycles. The first-order valence-corrected chi connectivity index (χ1v) is 12.4. The number of anilines is 1. The van der Waals surface area contributed by atoms with E-state index in [1.165, 1.54) is 28.6 Å². The molecule has 0 radical (unpaired) electrons. The van der Waals surface area contributed by atoms with Gasteiger partial charge in [0.25, 0.3) is 0 Å². The number of amides is 1. The summed E-state index contributed by atoms with van der Waals surface area (Å²) >= 11 is 3.14. The van der Waals surface area contributed by atoms with Crippen molar-refractivity contribution in [3.8, 4) is 11.5 Å². The highest BCUT2D eigenvalue weighted by Gasteiger charge is 2.25. The molecule has 0 spiro atoms. The zero-order valence-electron chi connectivity index (χ0n) is 17.7. The molecule has 1 unspecified atom stereocenters. The summed E-state index contributed by atoms with van der Waals surface area (Å²) in [4.78, 5) is 19.9. The smallest absolute Gasteiger partial charge is 0.234 e. The number of nitrogens with zero attached hydrogens (tertiary/aromatic N) is 4. The van der Waals surface area contributed by atoms with Crippen LogP contribution in [0.15, 0.2) is 23.4 Å². The van der Waals surface area contributed by atoms with Crippen LogP contribution in [-0.2, 0) is 17.6 Å². The maximum atomic E-state index is 12.5. The van der Waals surface area contributed by atoms with Crippen LogP contribution < -0.4 is 14.8 Å². The van der Waals surface area contributed by atoms with E-state index < -0.39 is 0 Å². The molecule has 3 aromatic heterocycles. The molecule has 2 aliphatic rings. The van der Waals surface area contributed by atoms with E-state index >= 15 is 0 Å². The van der Waals surface area contributed by atoms with Gasteiger partial charge >= 0.3 is 0 Å². The van der Waals surface area contributed by atoms with Gasteiger partial charge in [0.05, 0.1) is 11.1 Å². The van der Waals surface area contributed by atoms with Crippen molar-refractivity contribution >= 4 is 50.6 Å². The fourth-order valence-electron chi connectivity index (χ4n) is 4.36. The number of hydrogen-bond acceptors (Lipinski definition) is 8. The lowest BCUT2D eigenvalue weighted by Crippen LogP contribution is -2.14. The molecule has 0 bridgehead atoms. The summed E-state index contributed by atoms with van der Waals surface area (Å²) < 4.78 is 12.7. The Hall–Kier alpha value is -2.85. The van der Waals surface area contributed by atoms with Crippen LogP contribution in [0.25, 0.3) is 15.9 Å². The van der Waals surface area contributed by atoms with Gasteiger partial charge in [0.2, 0.25) is 12.7 Å². The fourth-order valence-corrected chi connectivity index (χ4v) is 6.56. The average molecular weight is 468 g/mol. The molecule has 6 rings (SSSR count). The SMILES string of the molecule is Cc1nc2sc3c(c2c2nnc(SCC(=O)Nc4ccc5c(c4)OCO5)n12)CCC(C)C3. The molecule has 1 aromatic carbocycles. The minimum absolute atomic E-state index is 0.126. The molecule has 10 heteroatoms. The van der Waals surface area contributed by atoms with Crippen molar-refractivity contribution in [3.05, 3.63) is 34.5 Å². The first-order valence-electron chi connectivity index (χ1n) is 10.5. The van der Waals surface area contributed by atoms with Crippen molar-refractivity contribution in [1.82, 2.24) is 19.6 Å². The molecule has 4 heterocycles. The number of nitrogens with one attached hydrogen (secondary N) is 1. The Labute approximate surface area is 192 Å². The van der Waals surface area contributed by atoms with Crippen LogP contribution in [-0.4, -0.2) is 38.0 Å². The average Bonchev–Trinajstić information content (AvgIpc) is 3.47. The fraction of sp³-hybridized carbons (Fsp3) is 0.364. The third-order valence-electron chi connectivity index (χ3n) is 5.93. The minimum Gasteiger partial charge on any atom is -0.454 e. The van der Waals surface area contributed by atoms with Gasteiger partial charge in [-0.15, -0.1) is 21.5 Å². The summed E-state index contributed by atoms with van der Waals surface area (Å²) in [6.07, 6.45) is 3.36. The molecule has 0 fully saturated rings. The van der Waals surface area contributed by atoms with Crippen LogP contribution in [0.1, 0.15) is 29.6 Å². The van der Waals surface area contributed by atoms with Crippen molar-refractivity contribution in [2.24, 2.45) is 5.92 Å². The number of carbonyl (C=O) groups excluding carboxylic acids is 1. The van der Waals surface area contributed by atoms with Crippen LogP contribution in [0.2, 0.25) is 0 Å². The van der Waals surface area contributed by atoms with Gasteiger partial charge in [-0.2, -0.15) is 0 Å². The van der Waals surface area contributed by atoms with E-state index in [2.05, 4.69) is 22.4 Å². The Morgan fingerprint density at radius 1 is 1.31 bits per heavy atom. The lowest BCUT2D eigenvalue weighted by Gasteiger charge is -2.17. The molecule has 32 heavy (non-hydrogen) atoms. The van der Waals surface area contributed by atoms with Gasteiger partial charge in [0, 0.05) is 16.6 Å². The van der Waals surface area contributed by atoms with Gasteiger partial charge in [-0.05, 0) is 49.8 Å². The van der Waals surface area contributed by atoms with Crippen molar-refractivity contribution in [1.29, 1.82) is 0 Å². The number of benzene rings is 1. The second kappa shape index (κ2) is 7.63. The van der Waals surface area contributed by atoms with Gasteiger partial charge in [0.15, 0.2) is 22.3 Å². The number of thiophene rings is 1. The zero-order chi connectivity index (χ0) is 21.8. The highest BCUT2D eigenvalue weighted by molar-refractivity contribution is 7.99. The zero-order valence-corrected chi connectivity index (χ0v) is 19.3. The van der Waals surface area contributed by atoms with Gasteiger partial charge in [-0.3, -0.25) is 9.20 Å².